The zero-order valence-electron chi connectivity index (χ0n) is 16.6. The fraction of sp³-hybridized carbons (Fsp3) is 0.167. The predicted molar refractivity (Wildman–Crippen MR) is 123 cm³/mol. The van der Waals surface area contributed by atoms with Crippen LogP contribution in [0.25, 0.3) is 10.2 Å². The van der Waals surface area contributed by atoms with E-state index >= 15 is 0 Å². The number of hydrogen-bond donors (Lipinski definition) is 3. The highest BCUT2D eigenvalue weighted by Gasteiger charge is 2.13. The highest BCUT2D eigenvalue weighted by atomic mass is 32.1. The SMILES string of the molecule is C[C@H](Nc1cccc(CO)c1)C(=O)Nc1ccc(Cc2nc3ccccc3s2)cc1. The van der Waals surface area contributed by atoms with Crippen LogP contribution in [-0.2, 0) is 17.8 Å². The van der Waals surface area contributed by atoms with Crippen molar-refractivity contribution < 1.29 is 9.90 Å². The van der Waals surface area contributed by atoms with E-state index in [0.29, 0.717) is 0 Å². The molecule has 4 aromatic rings. The Morgan fingerprint density at radius 1 is 1.00 bits per heavy atom. The maximum atomic E-state index is 12.5. The van der Waals surface area contributed by atoms with E-state index in [1.807, 2.05) is 73.7 Å². The zero-order chi connectivity index (χ0) is 20.9. The number of carbonyl (C=O) groups is 1. The number of amides is 1. The summed E-state index contributed by atoms with van der Waals surface area (Å²) in [5.41, 5.74) is 4.55. The van der Waals surface area contributed by atoms with Crippen LogP contribution in [-0.4, -0.2) is 22.0 Å². The molecule has 0 bridgehead atoms. The Kier molecular flexibility index (Phi) is 6.07. The Bertz CT molecular complexity index is 1120. The van der Waals surface area contributed by atoms with Gasteiger partial charge >= 0.3 is 0 Å². The summed E-state index contributed by atoms with van der Waals surface area (Å²) in [4.78, 5) is 17.2. The van der Waals surface area contributed by atoms with Crippen molar-refractivity contribution in [3.05, 3.63) is 88.9 Å². The Morgan fingerprint density at radius 3 is 2.57 bits per heavy atom. The van der Waals surface area contributed by atoms with E-state index in [2.05, 4.69) is 21.7 Å². The lowest BCUT2D eigenvalue weighted by atomic mass is 10.1. The van der Waals surface area contributed by atoms with Crippen molar-refractivity contribution in [3.8, 4) is 0 Å². The highest BCUT2D eigenvalue weighted by Crippen LogP contribution is 2.24. The fourth-order valence-corrected chi connectivity index (χ4v) is 4.20. The molecule has 0 saturated carbocycles. The van der Waals surface area contributed by atoms with Crippen LogP contribution in [0.5, 0.6) is 0 Å². The molecule has 3 N–H and O–H groups in total. The van der Waals surface area contributed by atoms with Gasteiger partial charge in [-0.2, -0.15) is 0 Å². The van der Waals surface area contributed by atoms with Crippen molar-refractivity contribution in [2.45, 2.75) is 26.0 Å². The van der Waals surface area contributed by atoms with Crippen molar-refractivity contribution in [2.75, 3.05) is 10.6 Å². The number of nitrogens with zero attached hydrogens (tertiary/aromatic N) is 1. The largest absolute Gasteiger partial charge is 0.392 e. The third kappa shape index (κ3) is 4.84. The number of nitrogens with one attached hydrogen (secondary N) is 2. The average molecular weight is 418 g/mol. The van der Waals surface area contributed by atoms with Gasteiger partial charge in [-0.15, -0.1) is 11.3 Å². The molecule has 0 aliphatic carbocycles. The van der Waals surface area contributed by atoms with Crippen molar-refractivity contribution in [3.63, 3.8) is 0 Å². The number of aliphatic hydroxyl groups excluding tert-OH is 1. The van der Waals surface area contributed by atoms with Crippen molar-refractivity contribution in [1.29, 1.82) is 0 Å². The predicted octanol–water partition coefficient (Wildman–Crippen LogP) is 4.82. The summed E-state index contributed by atoms with van der Waals surface area (Å²) in [7, 11) is 0. The Hall–Kier alpha value is -3.22. The van der Waals surface area contributed by atoms with Crippen LogP contribution < -0.4 is 10.6 Å². The van der Waals surface area contributed by atoms with Gasteiger partial charge in [-0.3, -0.25) is 4.79 Å². The number of thiazole rings is 1. The number of aliphatic hydroxyl groups is 1. The molecule has 1 atom stereocenters. The maximum Gasteiger partial charge on any atom is 0.246 e. The van der Waals surface area contributed by atoms with Crippen LogP contribution >= 0.6 is 11.3 Å². The van der Waals surface area contributed by atoms with E-state index in [-0.39, 0.29) is 12.5 Å². The van der Waals surface area contributed by atoms with Crippen LogP contribution in [0.15, 0.2) is 72.8 Å². The van der Waals surface area contributed by atoms with Gasteiger partial charge in [-0.05, 0) is 54.4 Å². The number of benzene rings is 3. The Labute approximate surface area is 179 Å². The van der Waals surface area contributed by atoms with Gasteiger partial charge in [-0.1, -0.05) is 36.4 Å². The monoisotopic (exact) mass is 417 g/mol. The van der Waals surface area contributed by atoms with E-state index in [0.717, 1.165) is 39.4 Å². The van der Waals surface area contributed by atoms with Gasteiger partial charge in [0.05, 0.1) is 21.8 Å². The first-order valence-electron chi connectivity index (χ1n) is 9.81. The lowest BCUT2D eigenvalue weighted by molar-refractivity contribution is -0.116. The van der Waals surface area contributed by atoms with Crippen LogP contribution in [0.2, 0.25) is 0 Å². The fourth-order valence-electron chi connectivity index (χ4n) is 3.20. The minimum Gasteiger partial charge on any atom is -0.392 e. The number of anilines is 2. The molecule has 1 amide bonds. The summed E-state index contributed by atoms with van der Waals surface area (Å²) in [6, 6.07) is 23.0. The van der Waals surface area contributed by atoms with Gasteiger partial charge < -0.3 is 15.7 Å². The number of para-hydroxylation sites is 1. The maximum absolute atomic E-state index is 12.5. The molecule has 3 aromatic carbocycles. The van der Waals surface area contributed by atoms with E-state index in [1.165, 1.54) is 4.70 Å². The van der Waals surface area contributed by atoms with Crippen molar-refractivity contribution >= 4 is 38.8 Å². The van der Waals surface area contributed by atoms with Crippen molar-refractivity contribution in [1.82, 2.24) is 4.98 Å². The molecule has 5 nitrogen and oxygen atoms in total. The first-order valence-corrected chi connectivity index (χ1v) is 10.6. The number of carbonyl (C=O) groups excluding carboxylic acids is 1. The number of fused-ring (bicyclic) bond motifs is 1. The standard InChI is InChI=1S/C24H23N3O2S/c1-16(25-20-6-4-5-18(13-20)15-28)24(29)26-19-11-9-17(10-12-19)14-23-27-21-7-2-3-8-22(21)30-23/h2-13,16,25,28H,14-15H2,1H3,(H,26,29)/t16-/m0/s1. The number of rotatable bonds is 7. The molecule has 0 spiro atoms. The van der Waals surface area contributed by atoms with E-state index in [9.17, 15) is 9.90 Å². The molecule has 1 aromatic heterocycles. The Morgan fingerprint density at radius 2 is 1.80 bits per heavy atom. The summed E-state index contributed by atoms with van der Waals surface area (Å²) in [6.45, 7) is 1.78. The normalized spacial score (nSPS) is 11.9. The minimum atomic E-state index is -0.415. The van der Waals surface area contributed by atoms with Gasteiger partial charge in [-0.25, -0.2) is 4.98 Å². The van der Waals surface area contributed by atoms with Gasteiger partial charge in [0.2, 0.25) is 5.91 Å². The second-order valence-electron chi connectivity index (χ2n) is 7.16. The lowest BCUT2D eigenvalue weighted by Gasteiger charge is -2.16. The molecule has 0 aliphatic rings. The van der Waals surface area contributed by atoms with E-state index in [4.69, 9.17) is 0 Å². The first kappa shape index (κ1) is 20.1. The second-order valence-corrected chi connectivity index (χ2v) is 8.28. The molecular weight excluding hydrogens is 394 g/mol. The van der Waals surface area contributed by atoms with Gasteiger partial charge in [0.1, 0.15) is 6.04 Å². The van der Waals surface area contributed by atoms with E-state index < -0.39 is 6.04 Å². The molecule has 4 rings (SSSR count). The molecule has 0 aliphatic heterocycles. The molecule has 152 valence electrons. The number of hydrogen-bond acceptors (Lipinski definition) is 5. The summed E-state index contributed by atoms with van der Waals surface area (Å²) in [6.07, 6.45) is 0.771. The average Bonchev–Trinajstić information content (AvgIpc) is 3.17. The zero-order valence-corrected chi connectivity index (χ0v) is 17.4. The highest BCUT2D eigenvalue weighted by molar-refractivity contribution is 7.18. The number of aromatic nitrogens is 1. The van der Waals surface area contributed by atoms with Crippen LogP contribution in [0.4, 0.5) is 11.4 Å². The third-order valence-electron chi connectivity index (χ3n) is 4.80. The summed E-state index contributed by atoms with van der Waals surface area (Å²) < 4.78 is 1.20. The summed E-state index contributed by atoms with van der Waals surface area (Å²) in [5, 5.41) is 16.4. The van der Waals surface area contributed by atoms with E-state index in [1.54, 1.807) is 11.3 Å². The quantitative estimate of drug-likeness (QED) is 0.403. The van der Waals surface area contributed by atoms with Crippen molar-refractivity contribution in [2.24, 2.45) is 0 Å². The lowest BCUT2D eigenvalue weighted by Crippen LogP contribution is -2.31. The molecule has 30 heavy (non-hydrogen) atoms. The van der Waals surface area contributed by atoms with Gasteiger partial charge in [0.25, 0.3) is 0 Å². The Balaban J connectivity index is 1.35. The molecular formula is C24H23N3O2S. The summed E-state index contributed by atoms with van der Waals surface area (Å²) in [5.74, 6) is -0.122. The first-order chi connectivity index (χ1) is 14.6. The second kappa shape index (κ2) is 9.07. The molecule has 0 radical (unpaired) electrons. The molecule has 0 saturated heterocycles. The topological polar surface area (TPSA) is 74.2 Å². The molecule has 0 fully saturated rings. The van der Waals surface area contributed by atoms with Crippen LogP contribution in [0.1, 0.15) is 23.1 Å². The molecule has 1 heterocycles. The molecule has 6 heteroatoms. The van der Waals surface area contributed by atoms with Crippen LogP contribution in [0, 0.1) is 0 Å². The third-order valence-corrected chi connectivity index (χ3v) is 5.84. The van der Waals surface area contributed by atoms with Gasteiger partial charge in [0.15, 0.2) is 0 Å². The summed E-state index contributed by atoms with van der Waals surface area (Å²) >= 11 is 1.71. The smallest absolute Gasteiger partial charge is 0.246 e. The van der Waals surface area contributed by atoms with Crippen LogP contribution in [0.3, 0.4) is 0 Å². The molecule has 0 unspecified atom stereocenters. The van der Waals surface area contributed by atoms with Gasteiger partial charge in [0, 0.05) is 17.8 Å². The minimum absolute atomic E-state index is 0.0283.